The van der Waals surface area contributed by atoms with Crippen molar-refractivity contribution in [3.8, 4) is 0 Å². The summed E-state index contributed by atoms with van der Waals surface area (Å²) in [5.41, 5.74) is 0. The molecule has 0 saturated heterocycles. The van der Waals surface area contributed by atoms with Gasteiger partial charge in [0.2, 0.25) is 0 Å². The first-order valence-electron chi connectivity index (χ1n) is 3.03. The smallest absolute Gasteiger partial charge is 0.318 e. The molecule has 56 valence electrons. The molecule has 0 fully saturated rings. The molecule has 0 aromatic heterocycles. The van der Waals surface area contributed by atoms with Gasteiger partial charge in [-0.1, -0.05) is 6.92 Å². The van der Waals surface area contributed by atoms with Crippen molar-refractivity contribution in [2.75, 3.05) is 0 Å². The molecule has 0 spiro atoms. The van der Waals surface area contributed by atoms with Crippen molar-refractivity contribution in [1.82, 2.24) is 0 Å². The Morgan fingerprint density at radius 2 is 1.89 bits per heavy atom. The summed E-state index contributed by atoms with van der Waals surface area (Å²) in [4.78, 5) is 0. The Bertz CT molecular complexity index is 81.1. The van der Waals surface area contributed by atoms with E-state index >= 15 is 0 Å². The highest BCUT2D eigenvalue weighted by Gasteiger charge is 2.27. The van der Waals surface area contributed by atoms with E-state index in [0.717, 1.165) is 0 Å². The van der Waals surface area contributed by atoms with Crippen LogP contribution in [0.5, 0.6) is 0 Å². The third kappa shape index (κ3) is 4.33. The number of hydrogen-bond acceptors (Lipinski definition) is 1. The largest absolute Gasteiger partial charge is 0.355 e. The van der Waals surface area contributed by atoms with Gasteiger partial charge in [-0.3, -0.25) is 0 Å². The molecule has 0 aromatic carbocycles. The van der Waals surface area contributed by atoms with Crippen molar-refractivity contribution in [1.29, 1.82) is 0 Å². The minimum atomic E-state index is -2.94. The van der Waals surface area contributed by atoms with Crippen LogP contribution in [0.3, 0.4) is 0 Å². The van der Waals surface area contributed by atoms with Gasteiger partial charge in [0.1, 0.15) is 0 Å². The van der Waals surface area contributed by atoms with Gasteiger partial charge in [-0.25, -0.2) is 0 Å². The molecule has 1 nitrogen and oxygen atoms in total. The van der Waals surface area contributed by atoms with Crippen molar-refractivity contribution >= 4 is 0 Å². The quantitative estimate of drug-likeness (QED) is 0.582. The summed E-state index contributed by atoms with van der Waals surface area (Å²) >= 11 is 0. The van der Waals surface area contributed by atoms with Crippen molar-refractivity contribution in [3.63, 3.8) is 0 Å². The maximum Gasteiger partial charge on any atom is 0.355 e. The molecule has 0 radical (unpaired) electrons. The van der Waals surface area contributed by atoms with Crippen molar-refractivity contribution in [2.24, 2.45) is 0 Å². The van der Waals surface area contributed by atoms with Crippen LogP contribution in [0.25, 0.3) is 0 Å². The van der Waals surface area contributed by atoms with E-state index in [0.29, 0.717) is 0 Å². The van der Waals surface area contributed by atoms with Gasteiger partial charge in [-0.2, -0.15) is 8.78 Å². The lowest BCUT2D eigenvalue weighted by Crippen LogP contribution is -2.23. The highest BCUT2D eigenvalue weighted by atomic mass is 19.3. The van der Waals surface area contributed by atoms with Gasteiger partial charge >= 0.3 is 6.11 Å². The number of halogens is 2. The first-order valence-corrected chi connectivity index (χ1v) is 3.03. The van der Waals surface area contributed by atoms with Gasteiger partial charge in [0.15, 0.2) is 0 Å². The minimum absolute atomic E-state index is 0.259. The zero-order chi connectivity index (χ0) is 7.49. The maximum absolute atomic E-state index is 12.2. The second-order valence-electron chi connectivity index (χ2n) is 2.16. The number of alkyl halides is 2. The lowest BCUT2D eigenvalue weighted by Gasteiger charge is -2.16. The standard InChI is InChI=1S/C6H12F2O/c1-4-6(7,8)9-5(2)3/h5H,4H2,1-3H3. The van der Waals surface area contributed by atoms with E-state index in [2.05, 4.69) is 4.74 Å². The second kappa shape index (κ2) is 3.11. The molecule has 0 aliphatic carbocycles. The van der Waals surface area contributed by atoms with Crippen LogP contribution in [-0.2, 0) is 4.74 Å². The summed E-state index contributed by atoms with van der Waals surface area (Å²) < 4.78 is 28.6. The Hall–Kier alpha value is -0.180. The van der Waals surface area contributed by atoms with Crippen LogP contribution >= 0.6 is 0 Å². The van der Waals surface area contributed by atoms with Gasteiger partial charge in [0.25, 0.3) is 0 Å². The summed E-state index contributed by atoms with van der Waals surface area (Å²) in [6.07, 6.45) is -3.60. The van der Waals surface area contributed by atoms with Gasteiger partial charge < -0.3 is 4.74 Å². The van der Waals surface area contributed by atoms with Gasteiger partial charge in [-0.15, -0.1) is 0 Å². The highest BCUT2D eigenvalue weighted by Crippen LogP contribution is 2.20. The predicted molar refractivity (Wildman–Crippen MR) is 31.5 cm³/mol. The predicted octanol–water partition coefficient (Wildman–Crippen LogP) is 2.41. The Morgan fingerprint density at radius 3 is 2.00 bits per heavy atom. The molecule has 0 atom stereocenters. The van der Waals surface area contributed by atoms with Crippen LogP contribution in [0.2, 0.25) is 0 Å². The van der Waals surface area contributed by atoms with Crippen molar-refractivity contribution in [3.05, 3.63) is 0 Å². The fraction of sp³-hybridized carbons (Fsp3) is 1.00. The zero-order valence-electron chi connectivity index (χ0n) is 5.95. The summed E-state index contributed by atoms with van der Waals surface area (Å²) in [5, 5.41) is 0. The third-order valence-corrected chi connectivity index (χ3v) is 0.820. The molecule has 9 heavy (non-hydrogen) atoms. The van der Waals surface area contributed by atoms with Gasteiger partial charge in [0.05, 0.1) is 6.10 Å². The van der Waals surface area contributed by atoms with Crippen LogP contribution in [0.15, 0.2) is 0 Å². The monoisotopic (exact) mass is 138 g/mol. The molecule has 0 rings (SSSR count). The van der Waals surface area contributed by atoms with Crippen molar-refractivity contribution < 1.29 is 13.5 Å². The van der Waals surface area contributed by atoms with Crippen LogP contribution < -0.4 is 0 Å². The number of rotatable bonds is 3. The lowest BCUT2D eigenvalue weighted by atomic mass is 10.4. The topological polar surface area (TPSA) is 9.23 Å². The molecule has 0 aliphatic heterocycles. The van der Waals surface area contributed by atoms with E-state index in [4.69, 9.17) is 0 Å². The molecule has 0 amide bonds. The Labute approximate surface area is 54.0 Å². The number of hydrogen-bond donors (Lipinski definition) is 0. The molecule has 0 saturated carbocycles. The molecule has 3 heteroatoms. The Morgan fingerprint density at radius 1 is 1.44 bits per heavy atom. The first-order chi connectivity index (χ1) is 3.98. The lowest BCUT2D eigenvalue weighted by molar-refractivity contribution is -0.257. The van der Waals surface area contributed by atoms with E-state index in [-0.39, 0.29) is 6.42 Å². The van der Waals surface area contributed by atoms with Crippen LogP contribution in [0.1, 0.15) is 27.2 Å². The van der Waals surface area contributed by atoms with E-state index < -0.39 is 12.2 Å². The fourth-order valence-corrected chi connectivity index (χ4v) is 0.428. The highest BCUT2D eigenvalue weighted by molar-refractivity contribution is 4.49. The van der Waals surface area contributed by atoms with Gasteiger partial charge in [-0.05, 0) is 13.8 Å². The first kappa shape index (κ1) is 8.82. The summed E-state index contributed by atoms with van der Waals surface area (Å²) in [7, 11) is 0. The number of ether oxygens (including phenoxy) is 1. The molecule has 0 unspecified atom stereocenters. The molecule has 0 bridgehead atoms. The molecule has 0 N–H and O–H groups in total. The summed E-state index contributed by atoms with van der Waals surface area (Å²) in [5.74, 6) is 0. The summed E-state index contributed by atoms with van der Waals surface area (Å²) in [6, 6.07) is 0. The Kier molecular flexibility index (Phi) is 3.04. The normalized spacial score (nSPS) is 12.7. The Balaban J connectivity index is 3.58. The fourth-order valence-electron chi connectivity index (χ4n) is 0.428. The SMILES string of the molecule is CCC(F)(F)OC(C)C. The molecule has 0 aliphatic rings. The minimum Gasteiger partial charge on any atom is -0.318 e. The average molecular weight is 138 g/mol. The molecule has 0 heterocycles. The van der Waals surface area contributed by atoms with Crippen LogP contribution in [-0.4, -0.2) is 12.2 Å². The third-order valence-electron chi connectivity index (χ3n) is 0.820. The van der Waals surface area contributed by atoms with E-state index in [1.807, 2.05) is 0 Å². The van der Waals surface area contributed by atoms with E-state index in [9.17, 15) is 8.78 Å². The molecule has 0 aromatic rings. The second-order valence-corrected chi connectivity index (χ2v) is 2.16. The molecular formula is C6H12F2O. The zero-order valence-corrected chi connectivity index (χ0v) is 5.95. The van der Waals surface area contributed by atoms with E-state index in [1.165, 1.54) is 6.92 Å². The maximum atomic E-state index is 12.2. The summed E-state index contributed by atoms with van der Waals surface area (Å²) in [6.45, 7) is 4.56. The van der Waals surface area contributed by atoms with Crippen molar-refractivity contribution in [2.45, 2.75) is 39.4 Å². The van der Waals surface area contributed by atoms with Crippen LogP contribution in [0.4, 0.5) is 8.78 Å². The van der Waals surface area contributed by atoms with Gasteiger partial charge in [0, 0.05) is 6.42 Å². The molecular weight excluding hydrogens is 126 g/mol. The van der Waals surface area contributed by atoms with Crippen LogP contribution in [0, 0.1) is 0 Å². The van der Waals surface area contributed by atoms with E-state index in [1.54, 1.807) is 13.8 Å². The average Bonchev–Trinajstić information content (AvgIpc) is 1.63.